The van der Waals surface area contributed by atoms with E-state index in [4.69, 9.17) is 4.55 Å². The lowest BCUT2D eigenvalue weighted by Gasteiger charge is -1.97. The second-order valence-electron chi connectivity index (χ2n) is 5.74. The summed E-state index contributed by atoms with van der Waals surface area (Å²) >= 11 is 1.90. The lowest BCUT2D eigenvalue weighted by Crippen LogP contribution is -2.06. The zero-order valence-corrected chi connectivity index (χ0v) is 16.4. The summed E-state index contributed by atoms with van der Waals surface area (Å²) in [5.41, 5.74) is 2.08. The quantitative estimate of drug-likeness (QED) is 0.615. The number of nitrogens with zero attached hydrogens (tertiary/aromatic N) is 1. The fourth-order valence-corrected chi connectivity index (χ4v) is 3.67. The maximum atomic E-state index is 10.5. The molecule has 0 atom stereocenters. The molecule has 0 bridgehead atoms. The van der Waals surface area contributed by atoms with E-state index in [1.165, 1.54) is 22.9 Å². The van der Waals surface area contributed by atoms with Crippen molar-refractivity contribution in [3.63, 3.8) is 0 Å². The van der Waals surface area contributed by atoms with Gasteiger partial charge in [0.15, 0.2) is 6.54 Å². The fraction of sp³-hybridized carbons (Fsp3) is 0.211. The maximum Gasteiger partial charge on any atom is 0.294 e. The third kappa shape index (κ3) is 6.67. The molecule has 5 nitrogen and oxygen atoms in total. The van der Waals surface area contributed by atoms with E-state index in [0.717, 1.165) is 17.8 Å². The molecule has 1 aliphatic heterocycles. The highest BCUT2D eigenvalue weighted by molar-refractivity contribution is 8.14. The third-order valence-corrected chi connectivity index (χ3v) is 5.62. The number of nitrogens with one attached hydrogen (secondary N) is 1. The summed E-state index contributed by atoms with van der Waals surface area (Å²) in [7, 11) is -1.89. The van der Waals surface area contributed by atoms with Crippen LogP contribution < -0.4 is 5.32 Å². The molecule has 1 heterocycles. The number of anilines is 1. The van der Waals surface area contributed by atoms with E-state index in [9.17, 15) is 8.42 Å². The van der Waals surface area contributed by atoms with Gasteiger partial charge in [-0.1, -0.05) is 47.7 Å². The van der Waals surface area contributed by atoms with Crippen molar-refractivity contribution in [2.24, 2.45) is 0 Å². The SMILES string of the molecule is C[N+]1=C(/C=C/Nc2ccccc2)SCC1.Cc1ccc(S(=O)(=O)O)cc1. The van der Waals surface area contributed by atoms with Gasteiger partial charge in [-0.15, -0.1) is 0 Å². The van der Waals surface area contributed by atoms with Crippen molar-refractivity contribution >= 4 is 32.6 Å². The molecule has 0 saturated carbocycles. The van der Waals surface area contributed by atoms with E-state index in [0.29, 0.717) is 0 Å². The molecule has 0 saturated heterocycles. The highest BCUT2D eigenvalue weighted by Gasteiger charge is 2.15. The lowest BCUT2D eigenvalue weighted by atomic mass is 10.2. The molecule has 2 aromatic rings. The van der Waals surface area contributed by atoms with Gasteiger partial charge in [-0.2, -0.15) is 8.42 Å². The van der Waals surface area contributed by atoms with Crippen LogP contribution in [0.5, 0.6) is 0 Å². The Kier molecular flexibility index (Phi) is 7.44. The Morgan fingerprint density at radius 2 is 1.77 bits per heavy atom. The summed E-state index contributed by atoms with van der Waals surface area (Å²) in [5.74, 6) is 1.20. The van der Waals surface area contributed by atoms with Crippen molar-refractivity contribution in [2.75, 3.05) is 24.7 Å². The minimum absolute atomic E-state index is 0.0666. The average Bonchev–Trinajstić information content (AvgIpc) is 3.01. The van der Waals surface area contributed by atoms with Crippen LogP contribution in [0.1, 0.15) is 5.56 Å². The molecule has 2 N–H and O–H groups in total. The van der Waals surface area contributed by atoms with Crippen LogP contribution in [0, 0.1) is 6.92 Å². The zero-order valence-electron chi connectivity index (χ0n) is 14.8. The van der Waals surface area contributed by atoms with Crippen molar-refractivity contribution in [2.45, 2.75) is 11.8 Å². The van der Waals surface area contributed by atoms with Crippen LogP contribution in [-0.4, -0.2) is 41.9 Å². The summed E-state index contributed by atoms with van der Waals surface area (Å²) in [6.45, 7) is 2.99. The number of hydrogen-bond acceptors (Lipinski definition) is 4. The molecule has 0 amide bonds. The second kappa shape index (κ2) is 9.56. The molecular formula is C19H23N2O3S2+. The summed E-state index contributed by atoms with van der Waals surface area (Å²) in [6.07, 6.45) is 4.13. The van der Waals surface area contributed by atoms with E-state index in [1.807, 2.05) is 43.1 Å². The Labute approximate surface area is 159 Å². The number of benzene rings is 2. The van der Waals surface area contributed by atoms with Crippen molar-refractivity contribution in [1.82, 2.24) is 0 Å². The molecule has 0 aliphatic carbocycles. The zero-order chi connectivity index (χ0) is 19.0. The molecule has 1 aliphatic rings. The molecule has 2 aromatic carbocycles. The summed E-state index contributed by atoms with van der Waals surface area (Å²) in [6, 6.07) is 16.2. The maximum absolute atomic E-state index is 10.5. The molecule has 0 unspecified atom stereocenters. The minimum atomic E-state index is -4.02. The smallest absolute Gasteiger partial charge is 0.294 e. The highest BCUT2D eigenvalue weighted by Crippen LogP contribution is 2.12. The molecule has 0 spiro atoms. The molecule has 0 aromatic heterocycles. The van der Waals surface area contributed by atoms with Crippen molar-refractivity contribution in [1.29, 1.82) is 0 Å². The van der Waals surface area contributed by atoms with Crippen LogP contribution in [0.4, 0.5) is 5.69 Å². The average molecular weight is 392 g/mol. The first-order valence-corrected chi connectivity index (χ1v) is 10.5. The van der Waals surface area contributed by atoms with Gasteiger partial charge >= 0.3 is 0 Å². The Balaban J connectivity index is 0.000000197. The minimum Gasteiger partial charge on any atom is -0.361 e. The fourth-order valence-electron chi connectivity index (χ4n) is 2.14. The van der Waals surface area contributed by atoms with E-state index in [2.05, 4.69) is 35.1 Å². The predicted molar refractivity (Wildman–Crippen MR) is 109 cm³/mol. The topological polar surface area (TPSA) is 69.4 Å². The van der Waals surface area contributed by atoms with Gasteiger partial charge in [0.05, 0.1) is 10.6 Å². The molecule has 0 radical (unpaired) electrons. The Morgan fingerprint density at radius 3 is 2.31 bits per heavy atom. The first-order chi connectivity index (χ1) is 12.4. The normalized spacial score (nSPS) is 14.3. The third-order valence-electron chi connectivity index (χ3n) is 3.62. The monoisotopic (exact) mass is 391 g/mol. The summed E-state index contributed by atoms with van der Waals surface area (Å²) < 4.78 is 31.8. The van der Waals surface area contributed by atoms with Crippen LogP contribution in [0.25, 0.3) is 0 Å². The van der Waals surface area contributed by atoms with Gasteiger partial charge < -0.3 is 5.32 Å². The molecule has 3 rings (SSSR count). The Hall–Kier alpha value is -2.09. The number of hydrogen-bond donors (Lipinski definition) is 2. The predicted octanol–water partition coefficient (Wildman–Crippen LogP) is 3.64. The summed E-state index contributed by atoms with van der Waals surface area (Å²) in [4.78, 5) is -0.0666. The van der Waals surface area contributed by atoms with Gasteiger partial charge in [0, 0.05) is 18.0 Å². The molecule has 138 valence electrons. The van der Waals surface area contributed by atoms with Gasteiger partial charge in [-0.25, -0.2) is 4.58 Å². The summed E-state index contributed by atoms with van der Waals surface area (Å²) in [5, 5.41) is 4.58. The number of rotatable bonds is 4. The first-order valence-electron chi connectivity index (χ1n) is 8.09. The Bertz CT molecular complexity index is 875. The molecule has 26 heavy (non-hydrogen) atoms. The number of aryl methyl sites for hydroxylation is 1. The van der Waals surface area contributed by atoms with Crippen LogP contribution in [0.15, 0.2) is 71.8 Å². The van der Waals surface area contributed by atoms with E-state index in [-0.39, 0.29) is 4.90 Å². The lowest BCUT2D eigenvalue weighted by molar-refractivity contribution is -0.485. The van der Waals surface area contributed by atoms with Crippen LogP contribution in [0.3, 0.4) is 0 Å². The highest BCUT2D eigenvalue weighted by atomic mass is 32.2. The van der Waals surface area contributed by atoms with Crippen molar-refractivity contribution in [3.05, 3.63) is 72.4 Å². The van der Waals surface area contributed by atoms with Crippen LogP contribution in [-0.2, 0) is 10.1 Å². The van der Waals surface area contributed by atoms with Gasteiger partial charge in [0.2, 0.25) is 5.04 Å². The molecule has 7 heteroatoms. The first kappa shape index (κ1) is 20.2. The van der Waals surface area contributed by atoms with Crippen LogP contribution in [0.2, 0.25) is 0 Å². The largest absolute Gasteiger partial charge is 0.361 e. The van der Waals surface area contributed by atoms with Gasteiger partial charge in [-0.05, 0) is 31.2 Å². The van der Waals surface area contributed by atoms with Gasteiger partial charge in [0.1, 0.15) is 7.05 Å². The number of thioether (sulfide) groups is 1. The van der Waals surface area contributed by atoms with Crippen LogP contribution >= 0.6 is 11.8 Å². The van der Waals surface area contributed by atoms with Gasteiger partial charge in [-0.3, -0.25) is 4.55 Å². The second-order valence-corrected chi connectivity index (χ2v) is 8.28. The van der Waals surface area contributed by atoms with Gasteiger partial charge in [0.25, 0.3) is 10.1 Å². The van der Waals surface area contributed by atoms with E-state index in [1.54, 1.807) is 12.1 Å². The molecule has 0 fully saturated rings. The van der Waals surface area contributed by atoms with E-state index >= 15 is 0 Å². The van der Waals surface area contributed by atoms with Crippen molar-refractivity contribution < 1.29 is 17.5 Å². The van der Waals surface area contributed by atoms with Crippen molar-refractivity contribution in [3.8, 4) is 0 Å². The molecular weight excluding hydrogens is 368 g/mol. The number of para-hydroxylation sites is 1. The Morgan fingerprint density at radius 1 is 1.12 bits per heavy atom. The van der Waals surface area contributed by atoms with E-state index < -0.39 is 10.1 Å². The standard InChI is InChI=1S/C12H14N2S.C7H8O3S/c1-14-9-10-15-12(14)7-8-13-11-5-3-2-4-6-11;1-6-2-4-7(5-3-6)11(8,9)10/h2-8H,9-10H2,1H3;2-5H,1H3,(H,8,9,10)/p+1.